The van der Waals surface area contributed by atoms with Crippen LogP contribution in [0.2, 0.25) is 0 Å². The number of rotatable bonds is 7. The number of methoxy groups -OCH3 is 1. The van der Waals surface area contributed by atoms with Crippen LogP contribution in [0.25, 0.3) is 0 Å². The first kappa shape index (κ1) is 16.6. The second-order valence-electron chi connectivity index (χ2n) is 6.00. The lowest BCUT2D eigenvalue weighted by molar-refractivity contribution is -0.0704. The van der Waals surface area contributed by atoms with Crippen molar-refractivity contribution in [3.63, 3.8) is 0 Å². The minimum atomic E-state index is 0.203. The summed E-state index contributed by atoms with van der Waals surface area (Å²) in [6.07, 6.45) is 3.63. The van der Waals surface area contributed by atoms with Crippen LogP contribution in [-0.4, -0.2) is 25.8 Å². The minimum Gasteiger partial charge on any atom is -0.497 e. The predicted octanol–water partition coefficient (Wildman–Crippen LogP) is 4.39. The number of hydrogen-bond acceptors (Lipinski definition) is 3. The van der Waals surface area contributed by atoms with Gasteiger partial charge >= 0.3 is 0 Å². The lowest BCUT2D eigenvalue weighted by Crippen LogP contribution is -2.63. The van der Waals surface area contributed by atoms with Crippen LogP contribution in [0.1, 0.15) is 40.0 Å². The lowest BCUT2D eigenvalue weighted by atomic mass is 9.61. The highest BCUT2D eigenvalue weighted by Gasteiger charge is 2.51. The summed E-state index contributed by atoms with van der Waals surface area (Å²) in [6.45, 7) is 7.86. The molecule has 4 heteroatoms. The van der Waals surface area contributed by atoms with Gasteiger partial charge in [0.25, 0.3) is 0 Å². The Morgan fingerprint density at radius 1 is 1.38 bits per heavy atom. The minimum absolute atomic E-state index is 0.203. The zero-order valence-corrected chi connectivity index (χ0v) is 15.0. The van der Waals surface area contributed by atoms with Crippen molar-refractivity contribution in [1.82, 2.24) is 5.32 Å². The summed E-state index contributed by atoms with van der Waals surface area (Å²) in [7, 11) is 1.67. The fraction of sp³-hybridized carbons (Fsp3) is 0.647. The van der Waals surface area contributed by atoms with Crippen molar-refractivity contribution in [2.75, 3.05) is 13.7 Å². The molecular formula is C17H26BrNO2. The van der Waals surface area contributed by atoms with Crippen molar-refractivity contribution in [3.8, 4) is 11.5 Å². The molecule has 1 N–H and O–H groups in total. The molecule has 1 aromatic carbocycles. The van der Waals surface area contributed by atoms with Gasteiger partial charge in [-0.15, -0.1) is 0 Å². The topological polar surface area (TPSA) is 30.5 Å². The third-order valence-corrected chi connectivity index (χ3v) is 5.41. The zero-order chi connectivity index (χ0) is 15.5. The van der Waals surface area contributed by atoms with E-state index in [-0.39, 0.29) is 11.5 Å². The standard InChI is InChI=1S/C17H26BrNO2/c1-5-9-19-15-11-16(17(15,3)6-2)21-14-8-7-12(20-4)10-13(14)18/h7-8,10,15-16,19H,5-6,9,11H2,1-4H3. The van der Waals surface area contributed by atoms with Gasteiger partial charge in [-0.05, 0) is 53.5 Å². The Labute approximate surface area is 136 Å². The third-order valence-electron chi connectivity index (χ3n) is 4.79. The second-order valence-corrected chi connectivity index (χ2v) is 6.86. The summed E-state index contributed by atoms with van der Waals surface area (Å²) in [5, 5.41) is 3.65. The van der Waals surface area contributed by atoms with Gasteiger partial charge in [0.2, 0.25) is 0 Å². The fourth-order valence-electron chi connectivity index (χ4n) is 2.97. The van der Waals surface area contributed by atoms with E-state index >= 15 is 0 Å². The Morgan fingerprint density at radius 3 is 2.71 bits per heavy atom. The van der Waals surface area contributed by atoms with Gasteiger partial charge in [-0.3, -0.25) is 0 Å². The molecule has 0 radical (unpaired) electrons. The summed E-state index contributed by atoms with van der Waals surface area (Å²) < 4.78 is 12.4. The van der Waals surface area contributed by atoms with Gasteiger partial charge in [-0.1, -0.05) is 20.8 Å². The lowest BCUT2D eigenvalue weighted by Gasteiger charge is -2.53. The maximum atomic E-state index is 6.25. The molecule has 3 nitrogen and oxygen atoms in total. The van der Waals surface area contributed by atoms with E-state index in [9.17, 15) is 0 Å². The van der Waals surface area contributed by atoms with Gasteiger partial charge in [0, 0.05) is 17.9 Å². The Morgan fingerprint density at radius 2 is 2.14 bits per heavy atom. The molecule has 0 spiro atoms. The summed E-state index contributed by atoms with van der Waals surface area (Å²) >= 11 is 3.57. The van der Waals surface area contributed by atoms with Crippen LogP contribution in [0.15, 0.2) is 22.7 Å². The van der Waals surface area contributed by atoms with Crippen molar-refractivity contribution >= 4 is 15.9 Å². The average Bonchev–Trinajstić information content (AvgIpc) is 2.50. The summed E-state index contributed by atoms with van der Waals surface area (Å²) in [5.74, 6) is 1.73. The molecule has 1 aliphatic carbocycles. The quantitative estimate of drug-likeness (QED) is 0.786. The third kappa shape index (κ3) is 3.37. The van der Waals surface area contributed by atoms with Crippen LogP contribution in [-0.2, 0) is 0 Å². The van der Waals surface area contributed by atoms with Gasteiger partial charge in [-0.25, -0.2) is 0 Å². The normalized spacial score (nSPS) is 28.0. The van der Waals surface area contributed by atoms with Gasteiger partial charge < -0.3 is 14.8 Å². The van der Waals surface area contributed by atoms with E-state index in [1.807, 2.05) is 18.2 Å². The van der Waals surface area contributed by atoms with Gasteiger partial charge in [0.05, 0.1) is 11.6 Å². The van der Waals surface area contributed by atoms with Gasteiger partial charge in [0.1, 0.15) is 17.6 Å². The molecule has 0 heterocycles. The van der Waals surface area contributed by atoms with Crippen LogP contribution in [0.5, 0.6) is 11.5 Å². The molecular weight excluding hydrogens is 330 g/mol. The van der Waals surface area contributed by atoms with Crippen molar-refractivity contribution in [1.29, 1.82) is 0 Å². The molecule has 1 saturated carbocycles. The highest BCUT2D eigenvalue weighted by Crippen LogP contribution is 2.47. The Kier molecular flexibility index (Phi) is 5.55. The van der Waals surface area contributed by atoms with Crippen molar-refractivity contribution in [2.45, 2.75) is 52.2 Å². The van der Waals surface area contributed by atoms with Crippen LogP contribution < -0.4 is 14.8 Å². The van der Waals surface area contributed by atoms with Gasteiger partial charge in [0.15, 0.2) is 0 Å². The Balaban J connectivity index is 2.03. The van der Waals surface area contributed by atoms with Crippen LogP contribution in [0, 0.1) is 5.41 Å². The number of nitrogens with one attached hydrogen (secondary N) is 1. The first-order valence-electron chi connectivity index (χ1n) is 7.78. The zero-order valence-electron chi connectivity index (χ0n) is 13.4. The molecule has 21 heavy (non-hydrogen) atoms. The van der Waals surface area contributed by atoms with E-state index in [1.165, 1.54) is 6.42 Å². The summed E-state index contributed by atoms with van der Waals surface area (Å²) in [6, 6.07) is 6.43. The highest BCUT2D eigenvalue weighted by molar-refractivity contribution is 9.10. The predicted molar refractivity (Wildman–Crippen MR) is 90.2 cm³/mol. The molecule has 1 aromatic rings. The molecule has 118 valence electrons. The van der Waals surface area contributed by atoms with E-state index < -0.39 is 0 Å². The first-order valence-corrected chi connectivity index (χ1v) is 8.58. The van der Waals surface area contributed by atoms with Crippen molar-refractivity contribution in [2.24, 2.45) is 5.41 Å². The van der Waals surface area contributed by atoms with E-state index in [2.05, 4.69) is 42.0 Å². The highest BCUT2D eigenvalue weighted by atomic mass is 79.9. The molecule has 3 unspecified atom stereocenters. The van der Waals surface area contributed by atoms with Gasteiger partial charge in [-0.2, -0.15) is 0 Å². The molecule has 2 rings (SSSR count). The molecule has 0 aliphatic heterocycles. The number of benzene rings is 1. The SMILES string of the molecule is CCCNC1CC(Oc2ccc(OC)cc2Br)C1(C)CC. The van der Waals surface area contributed by atoms with E-state index in [0.29, 0.717) is 6.04 Å². The molecule has 0 saturated heterocycles. The maximum Gasteiger partial charge on any atom is 0.134 e. The summed E-state index contributed by atoms with van der Waals surface area (Å²) in [4.78, 5) is 0. The first-order chi connectivity index (χ1) is 10.0. The number of halogens is 1. The number of hydrogen-bond donors (Lipinski definition) is 1. The fourth-order valence-corrected chi connectivity index (χ4v) is 3.42. The average molecular weight is 356 g/mol. The molecule has 3 atom stereocenters. The maximum absolute atomic E-state index is 6.25. The molecule has 0 amide bonds. The van der Waals surface area contributed by atoms with E-state index in [0.717, 1.165) is 35.4 Å². The van der Waals surface area contributed by atoms with Crippen molar-refractivity contribution < 1.29 is 9.47 Å². The Bertz CT molecular complexity index is 480. The molecule has 0 aromatic heterocycles. The molecule has 1 aliphatic rings. The number of ether oxygens (including phenoxy) is 2. The molecule has 0 bridgehead atoms. The molecule has 1 fully saturated rings. The summed E-state index contributed by atoms with van der Waals surface area (Å²) in [5.41, 5.74) is 0.203. The Hall–Kier alpha value is -0.740. The van der Waals surface area contributed by atoms with Crippen molar-refractivity contribution in [3.05, 3.63) is 22.7 Å². The van der Waals surface area contributed by atoms with Crippen LogP contribution >= 0.6 is 15.9 Å². The van der Waals surface area contributed by atoms with Crippen LogP contribution in [0.4, 0.5) is 0 Å². The smallest absolute Gasteiger partial charge is 0.134 e. The van der Waals surface area contributed by atoms with Crippen LogP contribution in [0.3, 0.4) is 0 Å². The second kappa shape index (κ2) is 7.01. The monoisotopic (exact) mass is 355 g/mol. The van der Waals surface area contributed by atoms with E-state index in [4.69, 9.17) is 9.47 Å². The van der Waals surface area contributed by atoms with E-state index in [1.54, 1.807) is 7.11 Å². The largest absolute Gasteiger partial charge is 0.497 e.